The molecule has 3 nitrogen and oxygen atoms in total. The highest BCUT2D eigenvalue weighted by Gasteiger charge is 2.13. The maximum absolute atomic E-state index is 11.6. The zero-order valence-corrected chi connectivity index (χ0v) is 10.4. The number of thiazole rings is 1. The molecule has 0 spiro atoms. The van der Waals surface area contributed by atoms with Gasteiger partial charge in [-0.3, -0.25) is 4.79 Å². The highest BCUT2D eigenvalue weighted by molar-refractivity contribution is 7.09. The third kappa shape index (κ3) is 3.63. The average Bonchev–Trinajstić information content (AvgIpc) is 2.63. The lowest BCUT2D eigenvalue weighted by Gasteiger charge is -2.11. The summed E-state index contributed by atoms with van der Waals surface area (Å²) in [6.45, 7) is 6.61. The van der Waals surface area contributed by atoms with Crippen LogP contribution in [0.4, 0.5) is 0 Å². The summed E-state index contributed by atoms with van der Waals surface area (Å²) in [5, 5.41) is 5.95. The first-order valence-corrected chi connectivity index (χ1v) is 6.24. The predicted octanol–water partition coefficient (Wildman–Crippen LogP) is 2.50. The number of rotatable bonds is 5. The van der Waals surface area contributed by atoms with E-state index in [4.69, 9.17) is 0 Å². The lowest BCUT2D eigenvalue weighted by molar-refractivity contribution is -0.125. The van der Waals surface area contributed by atoms with Gasteiger partial charge in [-0.1, -0.05) is 13.8 Å². The van der Waals surface area contributed by atoms with Gasteiger partial charge in [0.25, 0.3) is 0 Å². The highest BCUT2D eigenvalue weighted by Crippen LogP contribution is 2.10. The summed E-state index contributed by atoms with van der Waals surface area (Å²) in [6.07, 6.45) is 1.80. The van der Waals surface area contributed by atoms with E-state index in [9.17, 15) is 4.79 Å². The van der Waals surface area contributed by atoms with E-state index in [1.807, 2.05) is 26.2 Å². The maximum atomic E-state index is 11.6. The van der Waals surface area contributed by atoms with Crippen LogP contribution in [-0.2, 0) is 11.3 Å². The monoisotopic (exact) mass is 226 g/mol. The Morgan fingerprint density at radius 3 is 2.67 bits per heavy atom. The second-order valence-electron chi connectivity index (χ2n) is 3.59. The zero-order valence-electron chi connectivity index (χ0n) is 9.54. The van der Waals surface area contributed by atoms with Crippen molar-refractivity contribution >= 4 is 17.2 Å². The van der Waals surface area contributed by atoms with Crippen LogP contribution in [0.15, 0.2) is 5.38 Å². The molecule has 0 radical (unpaired) electrons. The minimum Gasteiger partial charge on any atom is -0.350 e. The molecule has 1 N–H and O–H groups in total. The smallest absolute Gasteiger partial charge is 0.223 e. The Morgan fingerprint density at radius 2 is 2.20 bits per heavy atom. The first-order valence-electron chi connectivity index (χ1n) is 5.36. The van der Waals surface area contributed by atoms with Crippen molar-refractivity contribution in [1.29, 1.82) is 0 Å². The van der Waals surface area contributed by atoms with Gasteiger partial charge in [0.2, 0.25) is 5.91 Å². The van der Waals surface area contributed by atoms with Crippen LogP contribution in [0.5, 0.6) is 0 Å². The Bertz CT molecular complexity index is 318. The van der Waals surface area contributed by atoms with E-state index in [1.54, 1.807) is 11.3 Å². The van der Waals surface area contributed by atoms with E-state index >= 15 is 0 Å². The molecule has 0 aliphatic rings. The minimum atomic E-state index is 0.143. The molecular weight excluding hydrogens is 208 g/mol. The molecule has 1 heterocycles. The molecule has 1 amide bonds. The molecule has 0 unspecified atom stereocenters. The number of carbonyl (C=O) groups is 1. The molecule has 1 aromatic heterocycles. The van der Waals surface area contributed by atoms with Crippen LogP contribution < -0.4 is 5.32 Å². The predicted molar refractivity (Wildman–Crippen MR) is 62.8 cm³/mol. The van der Waals surface area contributed by atoms with Crippen molar-refractivity contribution in [2.75, 3.05) is 0 Å². The Kier molecular flexibility index (Phi) is 4.75. The fraction of sp³-hybridized carbons (Fsp3) is 0.636. The van der Waals surface area contributed by atoms with Crippen molar-refractivity contribution in [2.24, 2.45) is 5.92 Å². The first kappa shape index (κ1) is 12.2. The van der Waals surface area contributed by atoms with E-state index in [1.165, 1.54) is 0 Å². The SMILES string of the molecule is CCC(CC)C(=O)NCc1csc(C)n1. The van der Waals surface area contributed by atoms with E-state index in [0.717, 1.165) is 23.5 Å². The molecule has 4 heteroatoms. The third-order valence-corrected chi connectivity index (χ3v) is 3.29. The molecule has 0 atom stereocenters. The molecule has 1 rings (SSSR count). The second-order valence-corrected chi connectivity index (χ2v) is 4.65. The summed E-state index contributed by atoms with van der Waals surface area (Å²) in [5.41, 5.74) is 0.955. The largest absolute Gasteiger partial charge is 0.350 e. The molecule has 0 fully saturated rings. The van der Waals surface area contributed by atoms with Gasteiger partial charge < -0.3 is 5.32 Å². The van der Waals surface area contributed by atoms with E-state index < -0.39 is 0 Å². The van der Waals surface area contributed by atoms with E-state index in [-0.39, 0.29) is 11.8 Å². The van der Waals surface area contributed by atoms with Gasteiger partial charge in [0.05, 0.1) is 17.2 Å². The summed E-state index contributed by atoms with van der Waals surface area (Å²) in [7, 11) is 0. The fourth-order valence-electron chi connectivity index (χ4n) is 1.47. The number of nitrogens with one attached hydrogen (secondary N) is 1. The standard InChI is InChI=1S/C11H18N2OS/c1-4-9(5-2)11(14)12-6-10-7-15-8(3)13-10/h7,9H,4-6H2,1-3H3,(H,12,14). The van der Waals surface area contributed by atoms with E-state index in [0.29, 0.717) is 6.54 Å². The molecule has 0 aromatic carbocycles. The quantitative estimate of drug-likeness (QED) is 0.838. The Labute approximate surface area is 94.9 Å². The lowest BCUT2D eigenvalue weighted by Crippen LogP contribution is -2.29. The normalized spacial score (nSPS) is 10.7. The zero-order chi connectivity index (χ0) is 11.3. The Balaban J connectivity index is 2.40. The van der Waals surface area contributed by atoms with Crippen LogP contribution in [0.2, 0.25) is 0 Å². The molecule has 1 aromatic rings. The van der Waals surface area contributed by atoms with Gasteiger partial charge in [-0.25, -0.2) is 4.98 Å². The molecule has 15 heavy (non-hydrogen) atoms. The minimum absolute atomic E-state index is 0.143. The van der Waals surface area contributed by atoms with Gasteiger partial charge in [-0.15, -0.1) is 11.3 Å². The number of aryl methyl sites for hydroxylation is 1. The molecule has 0 saturated carbocycles. The van der Waals surface area contributed by atoms with Gasteiger partial charge in [0.15, 0.2) is 0 Å². The molecule has 0 aliphatic carbocycles. The number of hydrogen-bond donors (Lipinski definition) is 1. The van der Waals surface area contributed by atoms with Crippen LogP contribution >= 0.6 is 11.3 Å². The summed E-state index contributed by atoms with van der Waals surface area (Å²) in [4.78, 5) is 15.9. The molecule has 0 bridgehead atoms. The summed E-state index contributed by atoms with van der Waals surface area (Å²) >= 11 is 1.61. The molecule has 0 saturated heterocycles. The lowest BCUT2D eigenvalue weighted by atomic mass is 10.0. The number of hydrogen-bond acceptors (Lipinski definition) is 3. The molecule has 0 aliphatic heterocycles. The summed E-state index contributed by atoms with van der Waals surface area (Å²) in [6, 6.07) is 0. The first-order chi connectivity index (χ1) is 7.17. The number of aromatic nitrogens is 1. The van der Waals surface area contributed by atoms with Crippen molar-refractivity contribution in [3.63, 3.8) is 0 Å². The average molecular weight is 226 g/mol. The summed E-state index contributed by atoms with van der Waals surface area (Å²) < 4.78 is 0. The Hall–Kier alpha value is -0.900. The van der Waals surface area contributed by atoms with Gasteiger partial charge in [0, 0.05) is 11.3 Å². The van der Waals surface area contributed by atoms with Gasteiger partial charge in [-0.2, -0.15) is 0 Å². The number of nitrogens with zero attached hydrogens (tertiary/aromatic N) is 1. The van der Waals surface area contributed by atoms with Gasteiger partial charge in [-0.05, 0) is 19.8 Å². The van der Waals surface area contributed by atoms with Crippen molar-refractivity contribution in [2.45, 2.75) is 40.2 Å². The molecular formula is C11H18N2OS. The van der Waals surface area contributed by atoms with Crippen molar-refractivity contribution in [3.8, 4) is 0 Å². The summed E-state index contributed by atoms with van der Waals surface area (Å²) in [5.74, 6) is 0.287. The van der Waals surface area contributed by atoms with Crippen LogP contribution in [0, 0.1) is 12.8 Å². The number of amides is 1. The maximum Gasteiger partial charge on any atom is 0.223 e. The van der Waals surface area contributed by atoms with Crippen LogP contribution in [-0.4, -0.2) is 10.9 Å². The van der Waals surface area contributed by atoms with Crippen LogP contribution in [0.1, 0.15) is 37.4 Å². The van der Waals surface area contributed by atoms with Gasteiger partial charge in [0.1, 0.15) is 0 Å². The van der Waals surface area contributed by atoms with Crippen LogP contribution in [0.25, 0.3) is 0 Å². The van der Waals surface area contributed by atoms with Crippen LogP contribution in [0.3, 0.4) is 0 Å². The van der Waals surface area contributed by atoms with Gasteiger partial charge >= 0.3 is 0 Å². The molecule has 84 valence electrons. The third-order valence-electron chi connectivity index (χ3n) is 2.47. The highest BCUT2D eigenvalue weighted by atomic mass is 32.1. The second kappa shape index (κ2) is 5.85. The topological polar surface area (TPSA) is 42.0 Å². The van der Waals surface area contributed by atoms with Crippen molar-refractivity contribution in [1.82, 2.24) is 10.3 Å². The van der Waals surface area contributed by atoms with Crippen molar-refractivity contribution < 1.29 is 4.79 Å². The number of carbonyl (C=O) groups excluding carboxylic acids is 1. The Morgan fingerprint density at radius 1 is 1.53 bits per heavy atom. The van der Waals surface area contributed by atoms with Crippen molar-refractivity contribution in [3.05, 3.63) is 16.1 Å². The fourth-order valence-corrected chi connectivity index (χ4v) is 2.08. The van der Waals surface area contributed by atoms with E-state index in [2.05, 4.69) is 10.3 Å².